The maximum absolute atomic E-state index is 2.36. The van der Waals surface area contributed by atoms with Gasteiger partial charge in [-0.1, -0.05) is 120 Å². The molecule has 0 fully saturated rings. The van der Waals surface area contributed by atoms with E-state index in [-0.39, 0.29) is 35.7 Å². The molecule has 47 heavy (non-hydrogen) atoms. The number of rotatable bonds is 3. The van der Waals surface area contributed by atoms with Crippen LogP contribution < -0.4 is 24.8 Å². The molecular formula is C43H50Cl2SiZr-2. The van der Waals surface area contributed by atoms with E-state index in [0.29, 0.717) is 5.92 Å². The van der Waals surface area contributed by atoms with Gasteiger partial charge in [-0.2, -0.15) is 12.1 Å². The van der Waals surface area contributed by atoms with E-state index in [1.54, 1.807) is 23.3 Å². The Labute approximate surface area is 312 Å². The van der Waals surface area contributed by atoms with Crippen molar-refractivity contribution in [2.45, 2.75) is 86.7 Å². The average molecular weight is 757 g/mol. The molecule has 0 aliphatic heterocycles. The van der Waals surface area contributed by atoms with Crippen molar-refractivity contribution >= 4 is 27.0 Å². The Morgan fingerprint density at radius 1 is 0.660 bits per heavy atom. The molecule has 0 saturated heterocycles. The second-order valence-electron chi connectivity index (χ2n) is 14.2. The van der Waals surface area contributed by atoms with Crippen molar-refractivity contribution < 1.29 is 48.1 Å². The van der Waals surface area contributed by atoms with Crippen molar-refractivity contribution in [3.8, 4) is 22.3 Å². The Morgan fingerprint density at radius 3 is 1.85 bits per heavy atom. The van der Waals surface area contributed by atoms with Crippen molar-refractivity contribution in [3.05, 3.63) is 130 Å². The van der Waals surface area contributed by atoms with E-state index >= 15 is 0 Å². The molecule has 0 unspecified atom stereocenters. The van der Waals surface area contributed by atoms with Gasteiger partial charge in [-0.3, -0.25) is 0 Å². The van der Waals surface area contributed by atoms with Gasteiger partial charge in [0.2, 0.25) is 0 Å². The molecule has 0 N–H and O–H groups in total. The summed E-state index contributed by atoms with van der Waals surface area (Å²) >= 11 is 1.74. The molecule has 0 atom stereocenters. The molecule has 6 aromatic rings. The molecule has 6 aromatic carbocycles. The van der Waals surface area contributed by atoms with E-state index in [1.807, 2.05) is 0 Å². The third-order valence-corrected chi connectivity index (χ3v) is 8.42. The first-order chi connectivity index (χ1) is 21.1. The van der Waals surface area contributed by atoms with Gasteiger partial charge in [0.25, 0.3) is 0 Å². The summed E-state index contributed by atoms with van der Waals surface area (Å²) in [6, 6.07) is 36.1. The molecule has 6 rings (SSSR count). The average Bonchev–Trinajstić information content (AvgIpc) is 3.58. The first kappa shape index (κ1) is 41.0. The molecular weight excluding hydrogens is 707 g/mol. The number of fused-ring (bicyclic) bond motifs is 2. The summed E-state index contributed by atoms with van der Waals surface area (Å²) in [5.74, 6) is 0.578. The fourth-order valence-corrected chi connectivity index (χ4v) is 5.93. The van der Waals surface area contributed by atoms with Gasteiger partial charge < -0.3 is 24.8 Å². The number of hydrogen-bond donors (Lipinski definition) is 0. The van der Waals surface area contributed by atoms with Crippen LogP contribution in [-0.2, 0) is 28.8 Å². The molecule has 246 valence electrons. The topological polar surface area (TPSA) is 0 Å². The van der Waals surface area contributed by atoms with Gasteiger partial charge >= 0.3 is 41.9 Å². The maximum atomic E-state index is 2.36. The number of benzene rings is 4. The quantitative estimate of drug-likeness (QED) is 0.136. The second kappa shape index (κ2) is 17.4. The van der Waals surface area contributed by atoms with Crippen LogP contribution in [0.2, 0.25) is 13.1 Å². The van der Waals surface area contributed by atoms with Crippen LogP contribution in [0.4, 0.5) is 0 Å². The minimum absolute atomic E-state index is 0. The van der Waals surface area contributed by atoms with Gasteiger partial charge in [-0.15, -0.1) is 68.6 Å². The van der Waals surface area contributed by atoms with E-state index in [9.17, 15) is 0 Å². The zero-order valence-electron chi connectivity index (χ0n) is 30.1. The first-order valence-corrected chi connectivity index (χ1v) is 22.4. The van der Waals surface area contributed by atoms with Crippen LogP contribution >= 0.6 is 0 Å². The van der Waals surface area contributed by atoms with Gasteiger partial charge in [0.15, 0.2) is 0 Å². The van der Waals surface area contributed by atoms with Crippen molar-refractivity contribution in [1.82, 2.24) is 0 Å². The number of aryl methyl sites for hydroxylation is 4. The van der Waals surface area contributed by atoms with Crippen LogP contribution in [0.3, 0.4) is 0 Å². The minimum atomic E-state index is 0. The van der Waals surface area contributed by atoms with Gasteiger partial charge in [0, 0.05) is 0 Å². The van der Waals surface area contributed by atoms with E-state index in [2.05, 4.69) is 172 Å². The molecule has 0 radical (unpaired) electrons. The summed E-state index contributed by atoms with van der Waals surface area (Å²) in [6.45, 7) is 24.6. The van der Waals surface area contributed by atoms with E-state index in [4.69, 9.17) is 0 Å². The molecule has 0 aromatic heterocycles. The van der Waals surface area contributed by atoms with Crippen LogP contribution in [0, 0.1) is 27.7 Å². The summed E-state index contributed by atoms with van der Waals surface area (Å²) in [6.07, 6.45) is 0. The van der Waals surface area contributed by atoms with Gasteiger partial charge in [0.05, 0.1) is 0 Å². The molecule has 0 aliphatic rings. The Balaban J connectivity index is 0.000000283. The molecule has 0 nitrogen and oxygen atoms in total. The molecule has 0 spiro atoms. The summed E-state index contributed by atoms with van der Waals surface area (Å²) in [7, 11) is 0. The molecule has 4 heteroatoms. The van der Waals surface area contributed by atoms with Crippen LogP contribution in [-0.4, -0.2) is 5.43 Å². The van der Waals surface area contributed by atoms with Crippen molar-refractivity contribution in [1.29, 1.82) is 0 Å². The SMILES string of the molecule is C[Si](C)=[Zr+2].Cc1cc2c(-c3ccc(C(C)(C)C)cc3)ccc(C)c2[cH-]1.Cc1ccc(-c2cccc3[cH-]c(C(C)C)cc23)c(C)c1.[Cl-].[Cl-]. The normalized spacial score (nSPS) is 10.9. The Bertz CT molecular complexity index is 1930. The number of halogens is 2. The molecule has 0 amide bonds. The second-order valence-corrected chi connectivity index (χ2v) is 23.6. The van der Waals surface area contributed by atoms with Crippen molar-refractivity contribution in [2.24, 2.45) is 0 Å². The Kier molecular flexibility index (Phi) is 15.2. The predicted molar refractivity (Wildman–Crippen MR) is 199 cm³/mol. The van der Waals surface area contributed by atoms with Gasteiger partial charge in [-0.05, 0) is 47.4 Å². The van der Waals surface area contributed by atoms with Crippen LogP contribution in [0.15, 0.2) is 97.1 Å². The zero-order chi connectivity index (χ0) is 33.1. The standard InChI is InChI=1S/C21H23.C20H21.C2H6Si.2ClH.Zr/c1-14-12-19-15(2)6-11-18(20(19)13-14)16-7-9-17(10-8-16)21(3,4)5;1-13(2)17-11-16-6-5-7-19(20(16)12-17)18-9-8-14(3)10-15(18)4;1-3-2;;;/h6-13H,1-5H3;5-13H,1-4H3;1-2H3;2*1H;/q2*-1;;;;+2/p-2. The summed E-state index contributed by atoms with van der Waals surface area (Å²) in [4.78, 5) is 0. The van der Waals surface area contributed by atoms with Gasteiger partial charge in [0.1, 0.15) is 0 Å². The van der Waals surface area contributed by atoms with Crippen molar-refractivity contribution in [3.63, 3.8) is 0 Å². The minimum Gasteiger partial charge on any atom is -1.00 e. The van der Waals surface area contributed by atoms with Crippen molar-refractivity contribution in [2.75, 3.05) is 0 Å². The fraction of sp³-hybridized carbons (Fsp3) is 0.302. The largest absolute Gasteiger partial charge is 1.00 e. The third-order valence-electron chi connectivity index (χ3n) is 8.42. The third kappa shape index (κ3) is 10.4. The van der Waals surface area contributed by atoms with Crippen LogP contribution in [0.1, 0.15) is 73.9 Å². The van der Waals surface area contributed by atoms with E-state index in [0.717, 1.165) is 0 Å². The summed E-state index contributed by atoms with van der Waals surface area (Å²) in [5.41, 5.74) is 13.9. The monoisotopic (exact) mass is 754 g/mol. The smallest absolute Gasteiger partial charge is 0.0132 e. The molecule has 0 heterocycles. The maximum Gasteiger partial charge on any atom is -0.0132 e. The van der Waals surface area contributed by atoms with E-state index in [1.165, 1.54) is 77.2 Å². The summed E-state index contributed by atoms with van der Waals surface area (Å²) < 4.78 is 0. The summed E-state index contributed by atoms with van der Waals surface area (Å²) in [5, 5.41) is 5.48. The predicted octanol–water partition coefficient (Wildman–Crippen LogP) is 6.90. The first-order valence-electron chi connectivity index (χ1n) is 16.2. The van der Waals surface area contributed by atoms with E-state index < -0.39 is 0 Å². The van der Waals surface area contributed by atoms with Crippen LogP contribution in [0.5, 0.6) is 0 Å². The van der Waals surface area contributed by atoms with Gasteiger partial charge in [-0.25, -0.2) is 0 Å². The Hall–Kier alpha value is -2.22. The molecule has 0 saturated carbocycles. The number of hydrogen-bond acceptors (Lipinski definition) is 0. The fourth-order valence-electron chi connectivity index (χ4n) is 5.93. The van der Waals surface area contributed by atoms with Crippen LogP contribution in [0.25, 0.3) is 43.8 Å². The molecule has 0 bridgehead atoms. The zero-order valence-corrected chi connectivity index (χ0v) is 35.0. The molecule has 0 aliphatic carbocycles. The Morgan fingerprint density at radius 2 is 1.28 bits per heavy atom.